The summed E-state index contributed by atoms with van der Waals surface area (Å²) in [6.07, 6.45) is 1.25. The standard InChI is InChI=1S/C7H7N3O.C3H8/c1-11-10-7-5-3-2-4-6(7)8-9-10;1-3-2/h2-5H,1H3;3H2,1-2H3. The first kappa shape index (κ1) is 10.5. The van der Waals surface area contributed by atoms with Gasteiger partial charge in [0.15, 0.2) is 0 Å². The van der Waals surface area contributed by atoms with E-state index < -0.39 is 0 Å². The van der Waals surface area contributed by atoms with E-state index in [1.165, 1.54) is 11.3 Å². The van der Waals surface area contributed by atoms with Gasteiger partial charge in [0.05, 0.1) is 0 Å². The van der Waals surface area contributed by atoms with E-state index in [4.69, 9.17) is 4.84 Å². The molecule has 0 fully saturated rings. The largest absolute Gasteiger partial charge is 0.398 e. The highest BCUT2D eigenvalue weighted by atomic mass is 16.7. The first-order chi connectivity index (χ1) is 6.83. The average molecular weight is 193 g/mol. The molecule has 0 unspecified atom stereocenters. The zero-order valence-electron chi connectivity index (χ0n) is 8.77. The van der Waals surface area contributed by atoms with Crippen molar-refractivity contribution in [1.29, 1.82) is 0 Å². The van der Waals surface area contributed by atoms with Crippen LogP contribution < -0.4 is 4.84 Å². The normalized spacial score (nSPS) is 9.36. The van der Waals surface area contributed by atoms with Crippen LogP contribution >= 0.6 is 0 Å². The van der Waals surface area contributed by atoms with E-state index in [1.807, 2.05) is 24.3 Å². The number of rotatable bonds is 1. The third-order valence-electron chi connectivity index (χ3n) is 1.49. The summed E-state index contributed by atoms with van der Waals surface area (Å²) in [6, 6.07) is 7.62. The van der Waals surface area contributed by atoms with Crippen LogP contribution in [0, 0.1) is 0 Å². The predicted octanol–water partition coefficient (Wildman–Crippen LogP) is 1.91. The maximum absolute atomic E-state index is 4.91. The third-order valence-corrected chi connectivity index (χ3v) is 1.49. The number of fused-ring (bicyclic) bond motifs is 1. The molecule has 0 atom stereocenters. The number of benzene rings is 1. The summed E-state index contributed by atoms with van der Waals surface area (Å²) in [5, 5.41) is 7.64. The van der Waals surface area contributed by atoms with Gasteiger partial charge in [0.2, 0.25) is 0 Å². The van der Waals surface area contributed by atoms with Crippen molar-refractivity contribution in [3.8, 4) is 0 Å². The van der Waals surface area contributed by atoms with E-state index in [0.29, 0.717) is 0 Å². The minimum Gasteiger partial charge on any atom is -0.398 e. The number of nitrogens with zero attached hydrogens (tertiary/aromatic N) is 3. The van der Waals surface area contributed by atoms with Gasteiger partial charge >= 0.3 is 0 Å². The van der Waals surface area contributed by atoms with Gasteiger partial charge < -0.3 is 4.84 Å². The summed E-state index contributed by atoms with van der Waals surface area (Å²) in [7, 11) is 1.56. The first-order valence-corrected chi connectivity index (χ1v) is 4.68. The molecule has 0 radical (unpaired) electrons. The van der Waals surface area contributed by atoms with E-state index in [2.05, 4.69) is 24.2 Å². The van der Waals surface area contributed by atoms with Crippen LogP contribution in [-0.4, -0.2) is 22.3 Å². The molecule has 0 aliphatic rings. The Bertz CT molecular complexity index is 384. The van der Waals surface area contributed by atoms with E-state index in [-0.39, 0.29) is 0 Å². The van der Waals surface area contributed by atoms with Crippen LogP contribution in [0.3, 0.4) is 0 Å². The predicted molar refractivity (Wildman–Crippen MR) is 56.0 cm³/mol. The Hall–Kier alpha value is -1.58. The molecule has 0 aliphatic heterocycles. The minimum absolute atomic E-state index is 0.842. The van der Waals surface area contributed by atoms with Crippen LogP contribution in [0.5, 0.6) is 0 Å². The van der Waals surface area contributed by atoms with Gasteiger partial charge in [0.1, 0.15) is 18.1 Å². The van der Waals surface area contributed by atoms with Crippen LogP contribution in [-0.2, 0) is 0 Å². The van der Waals surface area contributed by atoms with E-state index in [0.717, 1.165) is 11.0 Å². The van der Waals surface area contributed by atoms with Crippen LogP contribution in [0.1, 0.15) is 20.3 Å². The molecule has 76 valence electrons. The molecule has 0 N–H and O–H groups in total. The summed E-state index contributed by atoms with van der Waals surface area (Å²) in [5.41, 5.74) is 1.73. The van der Waals surface area contributed by atoms with E-state index in [1.54, 1.807) is 7.11 Å². The molecule has 14 heavy (non-hydrogen) atoms. The van der Waals surface area contributed by atoms with Crippen molar-refractivity contribution in [3.05, 3.63) is 24.3 Å². The van der Waals surface area contributed by atoms with Crippen molar-refractivity contribution < 1.29 is 4.84 Å². The molecule has 0 aliphatic carbocycles. The maximum atomic E-state index is 4.91. The molecule has 1 heterocycles. The van der Waals surface area contributed by atoms with Gasteiger partial charge in [-0.3, -0.25) is 0 Å². The molecule has 4 nitrogen and oxygen atoms in total. The SMILES string of the molecule is CCC.COn1nnc2ccccc21. The second-order valence-electron chi connectivity index (χ2n) is 2.84. The van der Waals surface area contributed by atoms with Crippen molar-refractivity contribution in [2.45, 2.75) is 20.3 Å². The number of aromatic nitrogens is 3. The number of hydrogen-bond donors (Lipinski definition) is 0. The maximum Gasteiger partial charge on any atom is 0.130 e. The number of para-hydroxylation sites is 1. The quantitative estimate of drug-likeness (QED) is 0.694. The van der Waals surface area contributed by atoms with Crippen LogP contribution in [0.25, 0.3) is 11.0 Å². The van der Waals surface area contributed by atoms with Crippen molar-refractivity contribution in [2.24, 2.45) is 0 Å². The van der Waals surface area contributed by atoms with Gasteiger partial charge in [0, 0.05) is 0 Å². The van der Waals surface area contributed by atoms with Gasteiger partial charge in [0.25, 0.3) is 0 Å². The Kier molecular flexibility index (Phi) is 3.91. The lowest BCUT2D eigenvalue weighted by atomic mass is 10.3. The molecule has 1 aromatic carbocycles. The molecule has 0 amide bonds. The summed E-state index contributed by atoms with van der Waals surface area (Å²) in [5.74, 6) is 0. The second kappa shape index (κ2) is 5.21. The molecule has 2 aromatic rings. The van der Waals surface area contributed by atoms with Gasteiger partial charge in [-0.2, -0.15) is 0 Å². The second-order valence-corrected chi connectivity index (χ2v) is 2.84. The van der Waals surface area contributed by atoms with E-state index >= 15 is 0 Å². The summed E-state index contributed by atoms with van der Waals surface area (Å²) >= 11 is 0. The highest BCUT2D eigenvalue weighted by Gasteiger charge is 2.00. The van der Waals surface area contributed by atoms with Crippen molar-refractivity contribution in [1.82, 2.24) is 15.2 Å². The van der Waals surface area contributed by atoms with Gasteiger partial charge in [-0.05, 0) is 17.3 Å². The molecule has 1 aromatic heterocycles. The number of hydrogen-bond acceptors (Lipinski definition) is 3. The molecule has 0 bridgehead atoms. The molecule has 0 spiro atoms. The lowest BCUT2D eigenvalue weighted by Crippen LogP contribution is -2.06. The van der Waals surface area contributed by atoms with Gasteiger partial charge in [-0.1, -0.05) is 37.2 Å². The molecular weight excluding hydrogens is 178 g/mol. The molecule has 0 saturated carbocycles. The van der Waals surface area contributed by atoms with Crippen molar-refractivity contribution in [3.63, 3.8) is 0 Å². The van der Waals surface area contributed by atoms with E-state index in [9.17, 15) is 0 Å². The van der Waals surface area contributed by atoms with Crippen molar-refractivity contribution in [2.75, 3.05) is 7.11 Å². The molecule has 4 heteroatoms. The summed E-state index contributed by atoms with van der Waals surface area (Å²) in [4.78, 5) is 6.29. The lowest BCUT2D eigenvalue weighted by molar-refractivity contribution is 0.139. The monoisotopic (exact) mass is 193 g/mol. The van der Waals surface area contributed by atoms with Crippen molar-refractivity contribution >= 4 is 11.0 Å². The highest BCUT2D eigenvalue weighted by Crippen LogP contribution is 2.07. The molecular formula is C10H15N3O. The third kappa shape index (κ3) is 2.22. The van der Waals surface area contributed by atoms with Crippen LogP contribution in [0.15, 0.2) is 24.3 Å². The Morgan fingerprint density at radius 2 is 1.93 bits per heavy atom. The summed E-state index contributed by atoms with van der Waals surface area (Å²) in [6.45, 7) is 4.25. The minimum atomic E-state index is 0.842. The average Bonchev–Trinajstić information content (AvgIpc) is 2.62. The Balaban J connectivity index is 0.000000293. The summed E-state index contributed by atoms with van der Waals surface area (Å²) < 4.78 is 0. The fourth-order valence-electron chi connectivity index (χ4n) is 0.982. The molecule has 0 saturated heterocycles. The zero-order chi connectivity index (χ0) is 10.4. The Labute approximate surface area is 83.4 Å². The van der Waals surface area contributed by atoms with Crippen LogP contribution in [0.4, 0.5) is 0 Å². The first-order valence-electron chi connectivity index (χ1n) is 4.68. The zero-order valence-corrected chi connectivity index (χ0v) is 8.77. The van der Waals surface area contributed by atoms with Gasteiger partial charge in [-0.25, -0.2) is 0 Å². The Morgan fingerprint density at radius 3 is 2.57 bits per heavy atom. The fourth-order valence-corrected chi connectivity index (χ4v) is 0.982. The molecule has 2 rings (SSSR count). The highest BCUT2D eigenvalue weighted by molar-refractivity contribution is 5.73. The van der Waals surface area contributed by atoms with Gasteiger partial charge in [-0.15, -0.1) is 5.10 Å². The van der Waals surface area contributed by atoms with Crippen LogP contribution in [0.2, 0.25) is 0 Å². The fraction of sp³-hybridized carbons (Fsp3) is 0.400. The Morgan fingerprint density at radius 1 is 1.29 bits per heavy atom. The smallest absolute Gasteiger partial charge is 0.130 e. The lowest BCUT2D eigenvalue weighted by Gasteiger charge is -1.95. The topological polar surface area (TPSA) is 39.9 Å².